The van der Waals surface area contributed by atoms with Crippen molar-refractivity contribution in [1.29, 1.82) is 0 Å². The zero-order valence-corrected chi connectivity index (χ0v) is 18.0. The molecule has 4 rings (SSSR count). The van der Waals surface area contributed by atoms with Crippen molar-refractivity contribution in [3.8, 4) is 11.1 Å². The van der Waals surface area contributed by atoms with E-state index in [0.29, 0.717) is 32.7 Å². The fourth-order valence-corrected chi connectivity index (χ4v) is 4.41. The standard InChI is InChI=1S/C25H28N2O5/c28-23(27-14-17(15-27)24(29)30)12-2-1-7-13-26-25(31)32-16-22-20-10-5-3-8-18(20)19-9-4-6-11-21(19)22/h3-6,8-11,17,22H,1-2,7,12-16H2,(H,26,31)(H,29,30). The van der Waals surface area contributed by atoms with Crippen LogP contribution in [0.5, 0.6) is 0 Å². The first-order valence-corrected chi connectivity index (χ1v) is 11.1. The molecule has 1 saturated heterocycles. The van der Waals surface area contributed by atoms with E-state index in [1.807, 2.05) is 24.3 Å². The molecule has 2 aromatic rings. The second-order valence-electron chi connectivity index (χ2n) is 8.40. The first-order chi connectivity index (χ1) is 15.5. The minimum Gasteiger partial charge on any atom is -0.481 e. The van der Waals surface area contributed by atoms with Gasteiger partial charge < -0.3 is 20.1 Å². The number of ether oxygens (including phenoxy) is 1. The number of fused-ring (bicyclic) bond motifs is 3. The van der Waals surface area contributed by atoms with E-state index in [1.54, 1.807) is 4.90 Å². The van der Waals surface area contributed by atoms with Gasteiger partial charge in [-0.15, -0.1) is 0 Å². The van der Waals surface area contributed by atoms with Crippen molar-refractivity contribution in [2.75, 3.05) is 26.2 Å². The van der Waals surface area contributed by atoms with Crippen molar-refractivity contribution < 1.29 is 24.2 Å². The summed E-state index contributed by atoms with van der Waals surface area (Å²) in [6.07, 6.45) is 2.28. The van der Waals surface area contributed by atoms with Gasteiger partial charge in [0.25, 0.3) is 0 Å². The molecule has 168 valence electrons. The van der Waals surface area contributed by atoms with E-state index in [4.69, 9.17) is 9.84 Å². The van der Waals surface area contributed by atoms with Crippen molar-refractivity contribution in [3.63, 3.8) is 0 Å². The number of hydrogen-bond donors (Lipinski definition) is 2. The fourth-order valence-electron chi connectivity index (χ4n) is 4.41. The number of amides is 2. The molecule has 7 heteroatoms. The zero-order chi connectivity index (χ0) is 22.5. The van der Waals surface area contributed by atoms with Crippen LogP contribution in [0.25, 0.3) is 11.1 Å². The molecule has 0 aromatic heterocycles. The highest BCUT2D eigenvalue weighted by Crippen LogP contribution is 2.44. The summed E-state index contributed by atoms with van der Waals surface area (Å²) in [5.41, 5.74) is 4.76. The zero-order valence-electron chi connectivity index (χ0n) is 18.0. The van der Waals surface area contributed by atoms with Gasteiger partial charge in [0.2, 0.25) is 5.91 Å². The predicted octanol–water partition coefficient (Wildman–Crippen LogP) is 3.63. The highest BCUT2D eigenvalue weighted by Gasteiger charge is 2.35. The molecule has 2 N–H and O–H groups in total. The molecule has 0 bridgehead atoms. The Hall–Kier alpha value is -3.35. The lowest BCUT2D eigenvalue weighted by atomic mass is 9.98. The van der Waals surface area contributed by atoms with Crippen molar-refractivity contribution in [2.45, 2.75) is 31.6 Å². The number of carbonyl (C=O) groups is 3. The summed E-state index contributed by atoms with van der Waals surface area (Å²) in [7, 11) is 0. The van der Waals surface area contributed by atoms with E-state index in [1.165, 1.54) is 22.3 Å². The van der Waals surface area contributed by atoms with Gasteiger partial charge in [-0.1, -0.05) is 55.0 Å². The summed E-state index contributed by atoms with van der Waals surface area (Å²) < 4.78 is 5.51. The number of nitrogens with zero attached hydrogens (tertiary/aromatic N) is 1. The number of hydrogen-bond acceptors (Lipinski definition) is 4. The Labute approximate surface area is 187 Å². The number of nitrogens with one attached hydrogen (secondary N) is 1. The molecule has 1 aliphatic heterocycles. The fraction of sp³-hybridized carbons (Fsp3) is 0.400. The number of benzene rings is 2. The van der Waals surface area contributed by atoms with E-state index in [2.05, 4.69) is 29.6 Å². The van der Waals surface area contributed by atoms with E-state index in [9.17, 15) is 14.4 Å². The summed E-state index contributed by atoms with van der Waals surface area (Å²) in [5.74, 6) is -1.21. The molecule has 0 spiro atoms. The van der Waals surface area contributed by atoms with Crippen LogP contribution in [0.15, 0.2) is 48.5 Å². The first kappa shape index (κ1) is 21.9. The molecule has 1 heterocycles. The van der Waals surface area contributed by atoms with Gasteiger partial charge in [0.15, 0.2) is 0 Å². The van der Waals surface area contributed by atoms with E-state index < -0.39 is 18.0 Å². The van der Waals surface area contributed by atoms with Gasteiger partial charge >= 0.3 is 12.1 Å². The number of alkyl carbamates (subject to hydrolysis) is 1. The van der Waals surface area contributed by atoms with Crippen LogP contribution in [0.2, 0.25) is 0 Å². The van der Waals surface area contributed by atoms with Crippen LogP contribution >= 0.6 is 0 Å². The summed E-state index contributed by atoms with van der Waals surface area (Å²) >= 11 is 0. The van der Waals surface area contributed by atoms with Crippen molar-refractivity contribution in [1.82, 2.24) is 10.2 Å². The van der Waals surface area contributed by atoms with E-state index >= 15 is 0 Å². The molecule has 2 amide bonds. The predicted molar refractivity (Wildman–Crippen MR) is 119 cm³/mol. The van der Waals surface area contributed by atoms with E-state index in [-0.39, 0.29) is 11.8 Å². The van der Waals surface area contributed by atoms with Crippen LogP contribution in [-0.4, -0.2) is 54.2 Å². The number of rotatable bonds is 9. The number of likely N-dealkylation sites (tertiary alicyclic amines) is 1. The van der Waals surface area contributed by atoms with Gasteiger partial charge in [0.05, 0.1) is 5.92 Å². The van der Waals surface area contributed by atoms with Gasteiger partial charge in [0.1, 0.15) is 6.61 Å². The average molecular weight is 437 g/mol. The number of carboxylic acid groups (broad SMARTS) is 1. The van der Waals surface area contributed by atoms with Gasteiger partial charge in [-0.2, -0.15) is 0 Å². The number of unbranched alkanes of at least 4 members (excludes halogenated alkanes) is 2. The lowest BCUT2D eigenvalue weighted by Crippen LogP contribution is -2.52. The Balaban J connectivity index is 1.13. The van der Waals surface area contributed by atoms with Crippen molar-refractivity contribution in [2.24, 2.45) is 5.92 Å². The molecule has 0 saturated carbocycles. The minimum absolute atomic E-state index is 0.00648. The molecule has 7 nitrogen and oxygen atoms in total. The van der Waals surface area contributed by atoms with Crippen molar-refractivity contribution in [3.05, 3.63) is 59.7 Å². The molecule has 32 heavy (non-hydrogen) atoms. The van der Waals surface area contributed by atoms with Crippen LogP contribution in [0.1, 0.15) is 42.7 Å². The minimum atomic E-state index is -0.839. The number of aliphatic carboxylic acids is 1. The molecule has 2 aromatic carbocycles. The average Bonchev–Trinajstić information content (AvgIpc) is 3.07. The largest absolute Gasteiger partial charge is 0.481 e. The maximum atomic E-state index is 12.1. The number of carbonyl (C=O) groups excluding carboxylic acids is 2. The van der Waals surface area contributed by atoms with Gasteiger partial charge in [-0.05, 0) is 35.1 Å². The Kier molecular flexibility index (Phi) is 6.73. The Morgan fingerprint density at radius 3 is 2.19 bits per heavy atom. The Morgan fingerprint density at radius 2 is 1.56 bits per heavy atom. The molecule has 1 fully saturated rings. The Bertz CT molecular complexity index is 954. The monoisotopic (exact) mass is 436 g/mol. The summed E-state index contributed by atoms with van der Waals surface area (Å²) in [5, 5.41) is 11.6. The second kappa shape index (κ2) is 9.85. The maximum absolute atomic E-state index is 12.1. The third-order valence-electron chi connectivity index (χ3n) is 6.26. The van der Waals surface area contributed by atoms with Crippen LogP contribution in [-0.2, 0) is 14.3 Å². The van der Waals surface area contributed by atoms with Crippen LogP contribution in [0.3, 0.4) is 0 Å². The van der Waals surface area contributed by atoms with Gasteiger partial charge in [-0.25, -0.2) is 4.79 Å². The first-order valence-electron chi connectivity index (χ1n) is 11.1. The van der Waals surface area contributed by atoms with Gasteiger partial charge in [-0.3, -0.25) is 9.59 Å². The van der Waals surface area contributed by atoms with Crippen LogP contribution in [0, 0.1) is 5.92 Å². The summed E-state index contributed by atoms with van der Waals surface area (Å²) in [4.78, 5) is 36.5. The van der Waals surface area contributed by atoms with Crippen LogP contribution in [0.4, 0.5) is 4.79 Å². The lowest BCUT2D eigenvalue weighted by molar-refractivity contribution is -0.152. The summed E-state index contributed by atoms with van der Waals surface area (Å²) in [6, 6.07) is 16.4. The van der Waals surface area contributed by atoms with Crippen LogP contribution < -0.4 is 5.32 Å². The molecular weight excluding hydrogens is 408 g/mol. The molecule has 0 unspecified atom stereocenters. The SMILES string of the molecule is O=C(NCCCCCC(=O)N1CC(C(=O)O)C1)OCC1c2ccccc2-c2ccccc21. The second-order valence-corrected chi connectivity index (χ2v) is 8.40. The Morgan fingerprint density at radius 1 is 0.938 bits per heavy atom. The maximum Gasteiger partial charge on any atom is 0.407 e. The molecule has 2 aliphatic rings. The number of carboxylic acids is 1. The molecular formula is C25H28N2O5. The summed E-state index contributed by atoms with van der Waals surface area (Å²) in [6.45, 7) is 1.42. The highest BCUT2D eigenvalue weighted by atomic mass is 16.5. The molecule has 0 radical (unpaired) electrons. The molecule has 1 aliphatic carbocycles. The quantitative estimate of drug-likeness (QED) is 0.585. The highest BCUT2D eigenvalue weighted by molar-refractivity contribution is 5.81. The molecule has 0 atom stereocenters. The normalized spacial score (nSPS) is 14.9. The van der Waals surface area contributed by atoms with Crippen molar-refractivity contribution >= 4 is 18.0 Å². The van der Waals surface area contributed by atoms with E-state index in [0.717, 1.165) is 19.3 Å². The lowest BCUT2D eigenvalue weighted by Gasteiger charge is -2.36. The topological polar surface area (TPSA) is 95.9 Å². The smallest absolute Gasteiger partial charge is 0.407 e. The third kappa shape index (κ3) is 4.77. The third-order valence-corrected chi connectivity index (χ3v) is 6.26. The van der Waals surface area contributed by atoms with Gasteiger partial charge in [0, 0.05) is 32.0 Å².